The SMILES string of the molecule is CC(NC(=O)Cc1ccc2c(c1)OCO2)c1ccc(C(=O)NO)cc1. The van der Waals surface area contributed by atoms with Gasteiger partial charge in [-0.15, -0.1) is 0 Å². The summed E-state index contributed by atoms with van der Waals surface area (Å²) in [7, 11) is 0. The standard InChI is InChI=1S/C18H18N2O5/c1-11(13-3-5-14(6-4-13)18(22)20-23)19-17(21)9-12-2-7-15-16(8-12)25-10-24-15/h2-8,11,23H,9-10H2,1H3,(H,19,21)(H,20,22). The van der Waals surface area contributed by atoms with E-state index in [1.807, 2.05) is 13.0 Å². The molecule has 7 heteroatoms. The first-order valence-electron chi connectivity index (χ1n) is 7.79. The highest BCUT2D eigenvalue weighted by atomic mass is 16.7. The molecule has 0 spiro atoms. The van der Waals surface area contributed by atoms with E-state index in [1.165, 1.54) is 0 Å². The van der Waals surface area contributed by atoms with Gasteiger partial charge in [0.05, 0.1) is 12.5 Å². The summed E-state index contributed by atoms with van der Waals surface area (Å²) < 4.78 is 10.6. The first-order valence-corrected chi connectivity index (χ1v) is 7.79. The average molecular weight is 342 g/mol. The van der Waals surface area contributed by atoms with Crippen LogP contribution in [0.5, 0.6) is 11.5 Å². The van der Waals surface area contributed by atoms with Gasteiger partial charge < -0.3 is 14.8 Å². The van der Waals surface area contributed by atoms with Crippen LogP contribution in [0.25, 0.3) is 0 Å². The van der Waals surface area contributed by atoms with Gasteiger partial charge in [-0.1, -0.05) is 18.2 Å². The number of hydroxylamine groups is 1. The molecule has 1 unspecified atom stereocenters. The van der Waals surface area contributed by atoms with E-state index in [1.54, 1.807) is 41.9 Å². The minimum atomic E-state index is -0.578. The summed E-state index contributed by atoms with van der Waals surface area (Å²) >= 11 is 0. The van der Waals surface area contributed by atoms with Crippen molar-refractivity contribution in [2.24, 2.45) is 0 Å². The summed E-state index contributed by atoms with van der Waals surface area (Å²) in [6.45, 7) is 2.06. The maximum absolute atomic E-state index is 12.2. The van der Waals surface area contributed by atoms with E-state index in [-0.39, 0.29) is 25.2 Å². The van der Waals surface area contributed by atoms with Crippen molar-refractivity contribution in [3.8, 4) is 11.5 Å². The average Bonchev–Trinajstić information content (AvgIpc) is 3.08. The molecule has 1 atom stereocenters. The van der Waals surface area contributed by atoms with Gasteiger partial charge in [-0.3, -0.25) is 14.8 Å². The molecule has 7 nitrogen and oxygen atoms in total. The van der Waals surface area contributed by atoms with Gasteiger partial charge in [0.25, 0.3) is 5.91 Å². The van der Waals surface area contributed by atoms with Gasteiger partial charge in [0.2, 0.25) is 12.7 Å². The molecule has 0 saturated heterocycles. The molecule has 0 bridgehead atoms. The van der Waals surface area contributed by atoms with Crippen LogP contribution in [0.4, 0.5) is 0 Å². The normalized spacial score (nSPS) is 13.2. The van der Waals surface area contributed by atoms with Crippen molar-refractivity contribution in [1.82, 2.24) is 10.8 Å². The fourth-order valence-corrected chi connectivity index (χ4v) is 2.60. The largest absolute Gasteiger partial charge is 0.454 e. The predicted molar refractivity (Wildman–Crippen MR) is 88.5 cm³/mol. The fourth-order valence-electron chi connectivity index (χ4n) is 2.60. The third kappa shape index (κ3) is 3.89. The molecule has 0 fully saturated rings. The van der Waals surface area contributed by atoms with Gasteiger partial charge in [0.1, 0.15) is 0 Å². The Morgan fingerprint density at radius 3 is 2.56 bits per heavy atom. The molecule has 1 heterocycles. The van der Waals surface area contributed by atoms with Crippen molar-refractivity contribution in [2.45, 2.75) is 19.4 Å². The second-order valence-corrected chi connectivity index (χ2v) is 5.72. The third-order valence-electron chi connectivity index (χ3n) is 3.95. The molecule has 0 saturated carbocycles. The highest BCUT2D eigenvalue weighted by molar-refractivity contribution is 5.93. The van der Waals surface area contributed by atoms with Gasteiger partial charge in [0.15, 0.2) is 11.5 Å². The minimum Gasteiger partial charge on any atom is -0.454 e. The lowest BCUT2D eigenvalue weighted by Gasteiger charge is -2.15. The molecular formula is C18H18N2O5. The molecule has 1 aliphatic rings. The summed E-state index contributed by atoms with van der Waals surface area (Å²) in [4.78, 5) is 23.5. The maximum atomic E-state index is 12.2. The Kier molecular flexibility index (Phi) is 4.85. The quantitative estimate of drug-likeness (QED) is 0.570. The molecule has 25 heavy (non-hydrogen) atoms. The van der Waals surface area contributed by atoms with E-state index in [2.05, 4.69) is 5.32 Å². The lowest BCUT2D eigenvalue weighted by Crippen LogP contribution is -2.28. The number of carbonyl (C=O) groups excluding carboxylic acids is 2. The van der Waals surface area contributed by atoms with Crippen molar-refractivity contribution >= 4 is 11.8 Å². The zero-order valence-electron chi connectivity index (χ0n) is 13.6. The summed E-state index contributed by atoms with van der Waals surface area (Å²) in [6, 6.07) is 11.8. The van der Waals surface area contributed by atoms with Crippen molar-refractivity contribution in [1.29, 1.82) is 0 Å². The number of benzene rings is 2. The van der Waals surface area contributed by atoms with Crippen LogP contribution < -0.4 is 20.3 Å². The lowest BCUT2D eigenvalue weighted by molar-refractivity contribution is -0.121. The number of amides is 2. The van der Waals surface area contributed by atoms with Crippen LogP contribution in [-0.4, -0.2) is 23.8 Å². The number of rotatable bonds is 5. The molecule has 2 amide bonds. The predicted octanol–water partition coefficient (Wildman–Crippen LogP) is 1.95. The Bertz CT molecular complexity index is 789. The van der Waals surface area contributed by atoms with E-state index in [0.717, 1.165) is 11.1 Å². The molecule has 2 aromatic carbocycles. The summed E-state index contributed by atoms with van der Waals surface area (Å²) in [6.07, 6.45) is 0.228. The smallest absolute Gasteiger partial charge is 0.274 e. The molecule has 130 valence electrons. The van der Waals surface area contributed by atoms with E-state index < -0.39 is 5.91 Å². The van der Waals surface area contributed by atoms with Gasteiger partial charge in [-0.2, -0.15) is 0 Å². The Hall–Kier alpha value is -3.06. The Balaban J connectivity index is 1.59. The summed E-state index contributed by atoms with van der Waals surface area (Å²) in [5, 5.41) is 11.5. The number of nitrogens with one attached hydrogen (secondary N) is 2. The summed E-state index contributed by atoms with van der Waals surface area (Å²) in [5.41, 5.74) is 3.61. The van der Waals surface area contributed by atoms with Crippen molar-refractivity contribution in [3.05, 3.63) is 59.2 Å². The Labute approximate surface area is 144 Å². The van der Waals surface area contributed by atoms with E-state index in [9.17, 15) is 9.59 Å². The van der Waals surface area contributed by atoms with Crippen LogP contribution in [0.1, 0.15) is 34.5 Å². The van der Waals surface area contributed by atoms with Crippen LogP contribution in [0.3, 0.4) is 0 Å². The topological polar surface area (TPSA) is 96.9 Å². The van der Waals surface area contributed by atoms with Crippen LogP contribution >= 0.6 is 0 Å². The minimum absolute atomic E-state index is 0.122. The monoisotopic (exact) mass is 342 g/mol. The van der Waals surface area contributed by atoms with E-state index >= 15 is 0 Å². The van der Waals surface area contributed by atoms with Gasteiger partial charge >= 0.3 is 0 Å². The number of hydrogen-bond acceptors (Lipinski definition) is 5. The molecule has 1 aliphatic heterocycles. The molecule has 2 aromatic rings. The van der Waals surface area contributed by atoms with E-state index in [4.69, 9.17) is 14.7 Å². The van der Waals surface area contributed by atoms with Crippen LogP contribution in [0.15, 0.2) is 42.5 Å². The van der Waals surface area contributed by atoms with E-state index in [0.29, 0.717) is 17.1 Å². The Morgan fingerprint density at radius 1 is 1.12 bits per heavy atom. The van der Waals surface area contributed by atoms with Crippen LogP contribution in [0.2, 0.25) is 0 Å². The number of ether oxygens (including phenoxy) is 2. The first kappa shape index (κ1) is 16.8. The van der Waals surface area contributed by atoms with Crippen LogP contribution in [0, 0.1) is 0 Å². The molecule has 3 rings (SSSR count). The van der Waals surface area contributed by atoms with Crippen molar-refractivity contribution in [2.75, 3.05) is 6.79 Å². The second kappa shape index (κ2) is 7.23. The van der Waals surface area contributed by atoms with Gasteiger partial charge in [0, 0.05) is 5.56 Å². The third-order valence-corrected chi connectivity index (χ3v) is 3.95. The van der Waals surface area contributed by atoms with Crippen molar-refractivity contribution in [3.63, 3.8) is 0 Å². The zero-order chi connectivity index (χ0) is 17.8. The van der Waals surface area contributed by atoms with Crippen LogP contribution in [-0.2, 0) is 11.2 Å². The second-order valence-electron chi connectivity index (χ2n) is 5.72. The summed E-state index contributed by atoms with van der Waals surface area (Å²) in [5.74, 6) is 0.634. The zero-order valence-corrected chi connectivity index (χ0v) is 13.6. The van der Waals surface area contributed by atoms with Gasteiger partial charge in [-0.05, 0) is 42.3 Å². The number of carbonyl (C=O) groups is 2. The molecule has 3 N–H and O–H groups in total. The Morgan fingerprint density at radius 2 is 1.84 bits per heavy atom. The van der Waals surface area contributed by atoms with Gasteiger partial charge in [-0.25, -0.2) is 5.48 Å². The molecule has 0 aliphatic carbocycles. The molecule has 0 radical (unpaired) electrons. The molecular weight excluding hydrogens is 324 g/mol. The highest BCUT2D eigenvalue weighted by Crippen LogP contribution is 2.32. The van der Waals surface area contributed by atoms with Crippen molar-refractivity contribution < 1.29 is 24.3 Å². The number of fused-ring (bicyclic) bond motifs is 1. The highest BCUT2D eigenvalue weighted by Gasteiger charge is 2.16. The number of hydrogen-bond donors (Lipinski definition) is 3. The maximum Gasteiger partial charge on any atom is 0.274 e. The first-order chi connectivity index (χ1) is 12.1. The fraction of sp³-hybridized carbons (Fsp3) is 0.222. The lowest BCUT2D eigenvalue weighted by atomic mass is 10.0. The molecule has 0 aromatic heterocycles.